The van der Waals surface area contributed by atoms with Gasteiger partial charge in [0.1, 0.15) is 5.01 Å². The van der Waals surface area contributed by atoms with E-state index < -0.39 is 0 Å². The summed E-state index contributed by atoms with van der Waals surface area (Å²) in [5.41, 5.74) is 3.01. The first kappa shape index (κ1) is 19.6. The predicted molar refractivity (Wildman–Crippen MR) is 118 cm³/mol. The number of nitrogens with zero attached hydrogens (tertiary/aromatic N) is 5. The lowest BCUT2D eigenvalue weighted by Crippen LogP contribution is -2.36. The lowest BCUT2D eigenvalue weighted by Gasteiger charge is -2.31. The van der Waals surface area contributed by atoms with Gasteiger partial charge in [-0.3, -0.25) is 19.2 Å². The van der Waals surface area contributed by atoms with E-state index in [2.05, 4.69) is 14.9 Å². The summed E-state index contributed by atoms with van der Waals surface area (Å²) in [5, 5.41) is 1.28. The maximum Gasteiger partial charge on any atom is 0.253 e. The Hall–Kier alpha value is -2.38. The first-order valence-corrected chi connectivity index (χ1v) is 11.7. The van der Waals surface area contributed by atoms with Crippen molar-refractivity contribution >= 4 is 11.3 Å². The molecule has 1 saturated heterocycles. The summed E-state index contributed by atoms with van der Waals surface area (Å²) in [7, 11) is 0. The van der Waals surface area contributed by atoms with Crippen molar-refractivity contribution in [1.29, 1.82) is 0 Å². The molecule has 0 bridgehead atoms. The molecule has 6 nitrogen and oxygen atoms in total. The van der Waals surface area contributed by atoms with Gasteiger partial charge in [0.2, 0.25) is 0 Å². The summed E-state index contributed by atoms with van der Waals surface area (Å²) in [4.78, 5) is 30.0. The Balaban J connectivity index is 1.16. The molecule has 0 amide bonds. The molecule has 7 heteroatoms. The minimum Gasteiger partial charge on any atom is -0.299 e. The van der Waals surface area contributed by atoms with Gasteiger partial charge in [0.05, 0.1) is 24.3 Å². The minimum atomic E-state index is 0.0209. The molecule has 0 saturated carbocycles. The Morgan fingerprint density at radius 3 is 2.67 bits per heavy atom. The molecule has 0 atom stereocenters. The Morgan fingerprint density at radius 2 is 1.90 bits per heavy atom. The van der Waals surface area contributed by atoms with Gasteiger partial charge in [-0.05, 0) is 69.7 Å². The predicted octanol–water partition coefficient (Wildman–Crippen LogP) is 3.55. The molecule has 0 unspecified atom stereocenters. The fourth-order valence-corrected chi connectivity index (χ4v) is 5.71. The molecule has 1 aliphatic carbocycles. The van der Waals surface area contributed by atoms with Crippen LogP contribution in [0.25, 0.3) is 11.3 Å². The zero-order chi connectivity index (χ0) is 20.3. The molecule has 0 spiro atoms. The van der Waals surface area contributed by atoms with E-state index in [9.17, 15) is 4.79 Å². The highest BCUT2D eigenvalue weighted by Gasteiger charge is 2.22. The number of likely N-dealkylation sites (tertiary alicyclic amines) is 1. The molecular weight excluding hydrogens is 394 g/mol. The van der Waals surface area contributed by atoms with Crippen LogP contribution in [0.5, 0.6) is 0 Å². The van der Waals surface area contributed by atoms with E-state index in [1.54, 1.807) is 29.4 Å². The molecule has 0 radical (unpaired) electrons. The molecule has 0 aromatic carbocycles. The summed E-state index contributed by atoms with van der Waals surface area (Å²) in [6.07, 6.45) is 12.4. The fourth-order valence-electron chi connectivity index (χ4n) is 4.51. The molecule has 3 aromatic rings. The molecule has 3 aromatic heterocycles. The highest BCUT2D eigenvalue weighted by atomic mass is 32.1. The van der Waals surface area contributed by atoms with E-state index in [0.717, 1.165) is 51.0 Å². The Bertz CT molecular complexity index is 1030. The highest BCUT2D eigenvalue weighted by Crippen LogP contribution is 2.28. The SMILES string of the molecule is O=c1cc(-c2ccncc2)ncn1CC1CCN(Cc2nc3c(s2)CCCC3)CC1. The van der Waals surface area contributed by atoms with E-state index >= 15 is 0 Å². The maximum atomic E-state index is 12.6. The van der Waals surface area contributed by atoms with Gasteiger partial charge in [0, 0.05) is 35.4 Å². The number of aromatic nitrogens is 4. The average molecular weight is 422 g/mol. The van der Waals surface area contributed by atoms with Gasteiger partial charge >= 0.3 is 0 Å². The van der Waals surface area contributed by atoms with Crippen molar-refractivity contribution in [2.45, 2.75) is 51.6 Å². The van der Waals surface area contributed by atoms with Crippen LogP contribution in [0.1, 0.15) is 41.3 Å². The molecule has 0 N–H and O–H groups in total. The fraction of sp³-hybridized carbons (Fsp3) is 0.478. The van der Waals surface area contributed by atoms with Crippen LogP contribution in [-0.2, 0) is 25.9 Å². The lowest BCUT2D eigenvalue weighted by molar-refractivity contribution is 0.166. The average Bonchev–Trinajstić information content (AvgIpc) is 3.19. The summed E-state index contributed by atoms with van der Waals surface area (Å²) >= 11 is 1.92. The number of hydrogen-bond acceptors (Lipinski definition) is 6. The van der Waals surface area contributed by atoms with E-state index in [0.29, 0.717) is 11.6 Å². The third-order valence-electron chi connectivity index (χ3n) is 6.27. The van der Waals surface area contributed by atoms with Gasteiger partial charge in [-0.15, -0.1) is 11.3 Å². The summed E-state index contributed by atoms with van der Waals surface area (Å²) in [5.74, 6) is 0.525. The molecule has 156 valence electrons. The lowest BCUT2D eigenvalue weighted by atomic mass is 9.96. The van der Waals surface area contributed by atoms with Gasteiger partial charge in [-0.2, -0.15) is 0 Å². The monoisotopic (exact) mass is 421 g/mol. The van der Waals surface area contributed by atoms with Crippen LogP contribution in [-0.4, -0.2) is 37.5 Å². The van der Waals surface area contributed by atoms with Crippen molar-refractivity contribution in [1.82, 2.24) is 24.4 Å². The topological polar surface area (TPSA) is 63.9 Å². The minimum absolute atomic E-state index is 0.0209. The van der Waals surface area contributed by atoms with Crippen LogP contribution in [0.15, 0.2) is 41.7 Å². The van der Waals surface area contributed by atoms with Gasteiger partial charge in [-0.1, -0.05) is 0 Å². The third kappa shape index (κ3) is 4.37. The zero-order valence-corrected chi connectivity index (χ0v) is 18.0. The van der Waals surface area contributed by atoms with E-state index in [1.165, 1.54) is 34.8 Å². The van der Waals surface area contributed by atoms with Gasteiger partial charge in [0.15, 0.2) is 0 Å². The van der Waals surface area contributed by atoms with Crippen LogP contribution < -0.4 is 5.56 Å². The van der Waals surface area contributed by atoms with Crippen molar-refractivity contribution in [3.05, 3.63) is 62.9 Å². The quantitative estimate of drug-likeness (QED) is 0.630. The molecule has 1 fully saturated rings. The summed E-state index contributed by atoms with van der Waals surface area (Å²) in [6, 6.07) is 5.39. The highest BCUT2D eigenvalue weighted by molar-refractivity contribution is 7.11. The molecular formula is C23H27N5OS. The van der Waals surface area contributed by atoms with Crippen molar-refractivity contribution in [2.75, 3.05) is 13.1 Å². The molecule has 5 rings (SSSR count). The number of thiazole rings is 1. The largest absolute Gasteiger partial charge is 0.299 e. The number of hydrogen-bond donors (Lipinski definition) is 0. The smallest absolute Gasteiger partial charge is 0.253 e. The van der Waals surface area contributed by atoms with E-state index in [1.807, 2.05) is 23.5 Å². The zero-order valence-electron chi connectivity index (χ0n) is 17.2. The third-order valence-corrected chi connectivity index (χ3v) is 7.41. The van der Waals surface area contributed by atoms with Crippen LogP contribution >= 0.6 is 11.3 Å². The van der Waals surface area contributed by atoms with Gasteiger partial charge in [0.25, 0.3) is 5.56 Å². The number of aryl methyl sites for hydroxylation is 2. The van der Waals surface area contributed by atoms with E-state index in [4.69, 9.17) is 4.98 Å². The van der Waals surface area contributed by atoms with E-state index in [-0.39, 0.29) is 5.56 Å². The number of piperidine rings is 1. The van der Waals surface area contributed by atoms with Gasteiger partial charge in [-0.25, -0.2) is 9.97 Å². The maximum absolute atomic E-state index is 12.6. The van der Waals surface area contributed by atoms with Crippen LogP contribution in [0.3, 0.4) is 0 Å². The van der Waals surface area contributed by atoms with Gasteiger partial charge < -0.3 is 0 Å². The Kier molecular flexibility index (Phi) is 5.73. The molecule has 2 aliphatic rings. The summed E-state index contributed by atoms with van der Waals surface area (Å²) < 4.78 is 1.76. The summed E-state index contributed by atoms with van der Waals surface area (Å²) in [6.45, 7) is 3.88. The van der Waals surface area contributed by atoms with Crippen molar-refractivity contribution in [2.24, 2.45) is 5.92 Å². The number of pyridine rings is 1. The first-order chi connectivity index (χ1) is 14.7. The molecule has 4 heterocycles. The van der Waals surface area contributed by atoms with Crippen LogP contribution in [0.4, 0.5) is 0 Å². The molecule has 1 aliphatic heterocycles. The molecule has 30 heavy (non-hydrogen) atoms. The van der Waals surface area contributed by atoms with Crippen molar-refractivity contribution in [3.63, 3.8) is 0 Å². The Morgan fingerprint density at radius 1 is 1.10 bits per heavy atom. The Labute approximate surface area is 180 Å². The first-order valence-electron chi connectivity index (χ1n) is 10.9. The van der Waals surface area contributed by atoms with Crippen molar-refractivity contribution < 1.29 is 0 Å². The number of fused-ring (bicyclic) bond motifs is 1. The second kappa shape index (κ2) is 8.78. The van der Waals surface area contributed by atoms with Crippen molar-refractivity contribution in [3.8, 4) is 11.3 Å². The van der Waals surface area contributed by atoms with Crippen LogP contribution in [0, 0.1) is 5.92 Å². The number of rotatable bonds is 5. The standard InChI is InChI=1S/C23H27N5OS/c29-23-13-20(18-5-9-24-10-6-18)25-16-28(23)14-17-7-11-27(12-8-17)15-22-26-19-3-1-2-4-21(19)30-22/h5-6,9-10,13,16-17H,1-4,7-8,11-12,14-15H2. The second-order valence-corrected chi connectivity index (χ2v) is 9.57. The normalized spacial score (nSPS) is 17.7. The second-order valence-electron chi connectivity index (χ2n) is 8.40. The van der Waals surface area contributed by atoms with Crippen LogP contribution in [0.2, 0.25) is 0 Å².